The number of carbonyl (C=O) groups is 2. The van der Waals surface area contributed by atoms with Gasteiger partial charge in [0.25, 0.3) is 5.91 Å². The van der Waals surface area contributed by atoms with E-state index in [2.05, 4.69) is 0 Å². The molecule has 1 aliphatic heterocycles. The van der Waals surface area contributed by atoms with Gasteiger partial charge in [-0.25, -0.2) is 9.18 Å². The summed E-state index contributed by atoms with van der Waals surface area (Å²) >= 11 is 0. The lowest BCUT2D eigenvalue weighted by Gasteiger charge is -2.41. The molecule has 1 saturated heterocycles. The summed E-state index contributed by atoms with van der Waals surface area (Å²) in [6.07, 6.45) is -1.26. The van der Waals surface area contributed by atoms with Gasteiger partial charge in [-0.3, -0.25) is 4.79 Å². The van der Waals surface area contributed by atoms with E-state index in [9.17, 15) is 14.0 Å². The minimum Gasteiger partial charge on any atom is -0.444 e. The quantitative estimate of drug-likeness (QED) is 0.807. The molecule has 0 saturated carbocycles. The smallest absolute Gasteiger partial charge is 0.410 e. The number of amides is 2. The second-order valence-corrected chi connectivity index (χ2v) is 7.93. The summed E-state index contributed by atoms with van der Waals surface area (Å²) in [7, 11) is 1.43. The number of ether oxygens (including phenoxy) is 2. The van der Waals surface area contributed by atoms with Crippen molar-refractivity contribution in [3.8, 4) is 0 Å². The van der Waals surface area contributed by atoms with Crippen molar-refractivity contribution in [1.82, 2.24) is 9.80 Å². The molecule has 0 unspecified atom stereocenters. The van der Waals surface area contributed by atoms with Gasteiger partial charge in [0.15, 0.2) is 6.10 Å². The second-order valence-electron chi connectivity index (χ2n) is 7.93. The molecular formula is C20H29FN2O4. The molecule has 0 spiro atoms. The van der Waals surface area contributed by atoms with E-state index < -0.39 is 11.7 Å². The van der Waals surface area contributed by atoms with Crippen molar-refractivity contribution in [3.63, 3.8) is 0 Å². The Labute approximate surface area is 160 Å². The van der Waals surface area contributed by atoms with Gasteiger partial charge in [0.1, 0.15) is 11.4 Å². The lowest BCUT2D eigenvalue weighted by Crippen LogP contribution is -2.57. The number of hydrogen-bond donors (Lipinski definition) is 0. The highest BCUT2D eigenvalue weighted by Crippen LogP contribution is 2.24. The number of halogens is 1. The van der Waals surface area contributed by atoms with Crippen LogP contribution >= 0.6 is 0 Å². The van der Waals surface area contributed by atoms with Crippen molar-refractivity contribution in [2.75, 3.05) is 26.7 Å². The normalized spacial score (nSPS) is 19.0. The highest BCUT2D eigenvalue weighted by molar-refractivity contribution is 5.83. The first-order valence-corrected chi connectivity index (χ1v) is 9.10. The van der Waals surface area contributed by atoms with Gasteiger partial charge in [-0.15, -0.1) is 0 Å². The molecule has 0 N–H and O–H groups in total. The summed E-state index contributed by atoms with van der Waals surface area (Å²) in [6.45, 7) is 10.1. The van der Waals surface area contributed by atoms with Crippen LogP contribution in [0.4, 0.5) is 9.18 Å². The Morgan fingerprint density at radius 3 is 2.44 bits per heavy atom. The van der Waals surface area contributed by atoms with Crippen LogP contribution in [0.2, 0.25) is 0 Å². The average molecular weight is 380 g/mol. The third kappa shape index (κ3) is 5.19. The zero-order chi connectivity index (χ0) is 20.4. The van der Waals surface area contributed by atoms with Crippen molar-refractivity contribution in [1.29, 1.82) is 0 Å². The summed E-state index contributed by atoms with van der Waals surface area (Å²) in [6, 6.07) is 4.48. The van der Waals surface area contributed by atoms with Crippen LogP contribution < -0.4 is 0 Å². The summed E-state index contributed by atoms with van der Waals surface area (Å²) in [5.74, 6) is -0.609. The molecule has 0 radical (unpaired) electrons. The summed E-state index contributed by atoms with van der Waals surface area (Å²) in [4.78, 5) is 28.5. The Morgan fingerprint density at radius 1 is 1.26 bits per heavy atom. The predicted molar refractivity (Wildman–Crippen MR) is 99.9 cm³/mol. The zero-order valence-electron chi connectivity index (χ0n) is 16.9. The number of nitrogens with zero attached hydrogens (tertiary/aromatic N) is 2. The van der Waals surface area contributed by atoms with Crippen LogP contribution in [0.25, 0.3) is 0 Å². The lowest BCUT2D eigenvalue weighted by molar-refractivity contribution is -0.145. The van der Waals surface area contributed by atoms with Crippen molar-refractivity contribution in [2.24, 2.45) is 0 Å². The van der Waals surface area contributed by atoms with Gasteiger partial charge in [-0.05, 0) is 51.8 Å². The van der Waals surface area contributed by atoms with Crippen molar-refractivity contribution in [2.45, 2.75) is 52.4 Å². The molecule has 6 nitrogen and oxygen atoms in total. The summed E-state index contributed by atoms with van der Waals surface area (Å²) in [5, 5.41) is 0. The summed E-state index contributed by atoms with van der Waals surface area (Å²) in [5.41, 5.74) is 0.425. The van der Waals surface area contributed by atoms with Gasteiger partial charge < -0.3 is 19.3 Å². The molecule has 0 bridgehead atoms. The molecule has 1 fully saturated rings. The van der Waals surface area contributed by atoms with Gasteiger partial charge in [0.2, 0.25) is 0 Å². The van der Waals surface area contributed by atoms with E-state index in [1.807, 2.05) is 27.7 Å². The number of hydrogen-bond acceptors (Lipinski definition) is 4. The predicted octanol–water partition coefficient (Wildman–Crippen LogP) is 3.29. The molecule has 2 rings (SSSR count). The Balaban J connectivity index is 2.07. The van der Waals surface area contributed by atoms with Crippen LogP contribution in [0.3, 0.4) is 0 Å². The maximum atomic E-state index is 13.9. The minimum absolute atomic E-state index is 0.190. The maximum absolute atomic E-state index is 13.9. The lowest BCUT2D eigenvalue weighted by atomic mass is 10.0. The van der Waals surface area contributed by atoms with Crippen molar-refractivity contribution < 1.29 is 23.5 Å². The third-order valence-corrected chi connectivity index (χ3v) is 4.53. The van der Waals surface area contributed by atoms with Crippen LogP contribution in [0.5, 0.6) is 0 Å². The fourth-order valence-electron chi connectivity index (χ4n) is 3.07. The molecule has 27 heavy (non-hydrogen) atoms. The molecule has 1 heterocycles. The van der Waals surface area contributed by atoms with Crippen LogP contribution in [0, 0.1) is 12.7 Å². The summed E-state index contributed by atoms with van der Waals surface area (Å²) < 4.78 is 24.7. The molecule has 2 atom stereocenters. The number of methoxy groups -OCH3 is 1. The van der Waals surface area contributed by atoms with Gasteiger partial charge in [0.05, 0.1) is 0 Å². The Bertz CT molecular complexity index is 702. The Morgan fingerprint density at radius 2 is 1.93 bits per heavy atom. The number of piperazine rings is 1. The molecule has 0 aromatic heterocycles. The van der Waals surface area contributed by atoms with Crippen molar-refractivity contribution in [3.05, 3.63) is 35.1 Å². The van der Waals surface area contributed by atoms with Gasteiger partial charge in [-0.1, -0.05) is 12.1 Å². The average Bonchev–Trinajstić information content (AvgIpc) is 2.56. The molecule has 1 aliphatic rings. The molecule has 2 amide bonds. The SMILES string of the molecule is CO[C@@H](C(=O)N1CCN(C(=O)OC(C)(C)C)[C@H](C)C1)c1ccc(C)c(F)c1. The van der Waals surface area contributed by atoms with Crippen molar-refractivity contribution >= 4 is 12.0 Å². The van der Waals surface area contributed by atoms with E-state index in [0.717, 1.165) is 0 Å². The molecule has 1 aromatic rings. The Hall–Kier alpha value is -2.15. The van der Waals surface area contributed by atoms with Crippen LogP contribution in [-0.2, 0) is 14.3 Å². The fraction of sp³-hybridized carbons (Fsp3) is 0.600. The molecule has 1 aromatic carbocycles. The Kier molecular flexibility index (Phi) is 6.46. The van der Waals surface area contributed by atoms with E-state index >= 15 is 0 Å². The first-order valence-electron chi connectivity index (χ1n) is 9.10. The maximum Gasteiger partial charge on any atom is 0.410 e. The second kappa shape index (κ2) is 8.25. The third-order valence-electron chi connectivity index (χ3n) is 4.53. The zero-order valence-corrected chi connectivity index (χ0v) is 16.9. The van der Waals surface area contributed by atoms with Gasteiger partial charge in [-0.2, -0.15) is 0 Å². The first kappa shape index (κ1) is 21.2. The first-order chi connectivity index (χ1) is 12.5. The molecular weight excluding hydrogens is 351 g/mol. The monoisotopic (exact) mass is 380 g/mol. The van der Waals surface area contributed by atoms with E-state index in [1.165, 1.54) is 13.2 Å². The van der Waals surface area contributed by atoms with E-state index in [-0.39, 0.29) is 23.9 Å². The highest BCUT2D eigenvalue weighted by Gasteiger charge is 2.35. The molecule has 7 heteroatoms. The number of rotatable bonds is 3. The number of carbonyl (C=O) groups excluding carboxylic acids is 2. The standard InChI is InChI=1S/C20H29FN2O4/c1-13-7-8-15(11-16(13)21)17(26-6)18(24)22-9-10-23(14(2)12-22)19(25)27-20(3,4)5/h7-8,11,14,17H,9-10,12H2,1-6H3/t14-,17-/m1/s1. The molecule has 0 aliphatic carbocycles. The largest absolute Gasteiger partial charge is 0.444 e. The minimum atomic E-state index is -0.875. The fourth-order valence-corrected chi connectivity index (χ4v) is 3.07. The van der Waals surface area contributed by atoms with Gasteiger partial charge in [0, 0.05) is 32.8 Å². The van der Waals surface area contributed by atoms with E-state index in [0.29, 0.717) is 30.8 Å². The number of aryl methyl sites for hydroxylation is 1. The highest BCUT2D eigenvalue weighted by atomic mass is 19.1. The van der Waals surface area contributed by atoms with Crippen LogP contribution in [-0.4, -0.2) is 60.2 Å². The number of benzene rings is 1. The van der Waals surface area contributed by atoms with E-state index in [1.54, 1.807) is 28.9 Å². The molecule has 150 valence electrons. The topological polar surface area (TPSA) is 59.1 Å². The van der Waals surface area contributed by atoms with Crippen LogP contribution in [0.1, 0.15) is 44.9 Å². The van der Waals surface area contributed by atoms with E-state index in [4.69, 9.17) is 9.47 Å². The van der Waals surface area contributed by atoms with Crippen LogP contribution in [0.15, 0.2) is 18.2 Å². The van der Waals surface area contributed by atoms with Gasteiger partial charge >= 0.3 is 6.09 Å².